The lowest BCUT2D eigenvalue weighted by atomic mass is 10.2. The van der Waals surface area contributed by atoms with Crippen molar-refractivity contribution in [3.63, 3.8) is 0 Å². The molecular formula is C13H17ClN2O2. The summed E-state index contributed by atoms with van der Waals surface area (Å²) in [6.07, 6.45) is 5.01. The molecule has 0 aliphatic heterocycles. The largest absolute Gasteiger partial charge is 0.465 e. The Morgan fingerprint density at radius 3 is 3.06 bits per heavy atom. The molecule has 0 saturated carbocycles. The molecule has 1 rings (SSSR count). The van der Waals surface area contributed by atoms with Crippen molar-refractivity contribution in [3.05, 3.63) is 41.7 Å². The summed E-state index contributed by atoms with van der Waals surface area (Å²) in [5, 5.41) is 0.593. The van der Waals surface area contributed by atoms with Gasteiger partial charge in [0.1, 0.15) is 0 Å². The summed E-state index contributed by atoms with van der Waals surface area (Å²) in [4.78, 5) is 17.3. The van der Waals surface area contributed by atoms with Crippen molar-refractivity contribution in [2.45, 2.75) is 13.5 Å². The van der Waals surface area contributed by atoms with Gasteiger partial charge in [-0.05, 0) is 18.6 Å². The van der Waals surface area contributed by atoms with Crippen molar-refractivity contribution in [1.29, 1.82) is 0 Å². The number of aromatic nitrogens is 1. The second-order valence-corrected chi connectivity index (χ2v) is 4.14. The topological polar surface area (TPSA) is 42.4 Å². The Labute approximate surface area is 112 Å². The van der Waals surface area contributed by atoms with E-state index in [4.69, 9.17) is 16.3 Å². The maximum Gasteiger partial charge on any atom is 0.320 e. The highest BCUT2D eigenvalue weighted by atomic mass is 35.5. The fourth-order valence-corrected chi connectivity index (χ4v) is 1.71. The maximum atomic E-state index is 11.5. The molecule has 18 heavy (non-hydrogen) atoms. The predicted octanol–water partition coefficient (Wildman–Crippen LogP) is 2.29. The lowest BCUT2D eigenvalue weighted by Crippen LogP contribution is -2.31. The highest BCUT2D eigenvalue weighted by Gasteiger charge is 2.12. The molecule has 0 radical (unpaired) electrons. The summed E-state index contributed by atoms with van der Waals surface area (Å²) in [7, 11) is 0. The van der Waals surface area contributed by atoms with Gasteiger partial charge in [0.2, 0.25) is 0 Å². The Kier molecular flexibility index (Phi) is 6.39. The van der Waals surface area contributed by atoms with Crippen molar-refractivity contribution >= 4 is 17.6 Å². The van der Waals surface area contributed by atoms with Crippen molar-refractivity contribution < 1.29 is 9.53 Å². The van der Waals surface area contributed by atoms with Crippen LogP contribution in [0, 0.1) is 0 Å². The van der Waals surface area contributed by atoms with Gasteiger partial charge in [0.15, 0.2) is 0 Å². The first kappa shape index (κ1) is 14.7. The van der Waals surface area contributed by atoms with Gasteiger partial charge in [-0.1, -0.05) is 17.7 Å². The zero-order chi connectivity index (χ0) is 13.4. The minimum Gasteiger partial charge on any atom is -0.465 e. The quantitative estimate of drug-likeness (QED) is 0.562. The van der Waals surface area contributed by atoms with Gasteiger partial charge in [0.05, 0.1) is 18.2 Å². The number of carbonyl (C=O) groups is 1. The number of hydrogen-bond donors (Lipinski definition) is 0. The third-order valence-electron chi connectivity index (χ3n) is 2.30. The van der Waals surface area contributed by atoms with Crippen LogP contribution < -0.4 is 0 Å². The van der Waals surface area contributed by atoms with Gasteiger partial charge >= 0.3 is 5.97 Å². The Hall–Kier alpha value is -1.39. The van der Waals surface area contributed by atoms with E-state index in [1.54, 1.807) is 25.4 Å². The monoisotopic (exact) mass is 268 g/mol. The molecule has 0 aliphatic rings. The first-order chi connectivity index (χ1) is 8.67. The average molecular weight is 269 g/mol. The number of hydrogen-bond acceptors (Lipinski definition) is 4. The molecule has 0 aliphatic carbocycles. The summed E-state index contributed by atoms with van der Waals surface area (Å²) in [6, 6.07) is 1.84. The van der Waals surface area contributed by atoms with Crippen LogP contribution in [-0.4, -0.2) is 35.5 Å². The summed E-state index contributed by atoms with van der Waals surface area (Å²) in [5.74, 6) is -0.246. The van der Waals surface area contributed by atoms with E-state index in [0.29, 0.717) is 24.7 Å². The molecule has 1 heterocycles. The molecular weight excluding hydrogens is 252 g/mol. The van der Waals surface area contributed by atoms with E-state index in [1.165, 1.54) is 0 Å². The van der Waals surface area contributed by atoms with Gasteiger partial charge in [-0.3, -0.25) is 14.7 Å². The average Bonchev–Trinajstić information content (AvgIpc) is 2.32. The number of pyridine rings is 1. The summed E-state index contributed by atoms with van der Waals surface area (Å²) in [5.41, 5.74) is 0.929. The van der Waals surface area contributed by atoms with Crippen molar-refractivity contribution in [1.82, 2.24) is 9.88 Å². The molecule has 4 nitrogen and oxygen atoms in total. The van der Waals surface area contributed by atoms with Crippen LogP contribution in [0.5, 0.6) is 0 Å². The number of nitrogens with zero attached hydrogens (tertiary/aromatic N) is 2. The van der Waals surface area contributed by atoms with E-state index >= 15 is 0 Å². The highest BCUT2D eigenvalue weighted by molar-refractivity contribution is 6.31. The third-order valence-corrected chi connectivity index (χ3v) is 2.64. The highest BCUT2D eigenvalue weighted by Crippen LogP contribution is 2.15. The van der Waals surface area contributed by atoms with Crippen LogP contribution in [0.4, 0.5) is 0 Å². The Bertz CT molecular complexity index is 410. The van der Waals surface area contributed by atoms with E-state index in [9.17, 15) is 4.79 Å². The van der Waals surface area contributed by atoms with E-state index in [2.05, 4.69) is 11.6 Å². The SMILES string of the molecule is C=CCN(CC(=O)OCC)Cc1ccncc1Cl. The van der Waals surface area contributed by atoms with Crippen molar-refractivity contribution in [2.24, 2.45) is 0 Å². The lowest BCUT2D eigenvalue weighted by Gasteiger charge is -2.20. The minimum atomic E-state index is -0.246. The molecule has 0 fully saturated rings. The van der Waals surface area contributed by atoms with Crippen molar-refractivity contribution in [2.75, 3.05) is 19.7 Å². The van der Waals surface area contributed by atoms with Gasteiger partial charge in [0.25, 0.3) is 0 Å². The zero-order valence-electron chi connectivity index (χ0n) is 10.4. The predicted molar refractivity (Wildman–Crippen MR) is 71.4 cm³/mol. The van der Waals surface area contributed by atoms with Gasteiger partial charge < -0.3 is 4.74 Å². The molecule has 0 N–H and O–H groups in total. The molecule has 0 amide bonds. The van der Waals surface area contributed by atoms with Crippen LogP contribution in [0.15, 0.2) is 31.1 Å². The summed E-state index contributed by atoms with van der Waals surface area (Å²) >= 11 is 6.04. The zero-order valence-corrected chi connectivity index (χ0v) is 11.2. The number of esters is 1. The molecule has 0 aromatic carbocycles. The first-order valence-electron chi connectivity index (χ1n) is 5.74. The van der Waals surface area contributed by atoms with E-state index in [1.807, 2.05) is 11.0 Å². The second-order valence-electron chi connectivity index (χ2n) is 3.73. The lowest BCUT2D eigenvalue weighted by molar-refractivity contribution is -0.144. The van der Waals surface area contributed by atoms with E-state index < -0.39 is 0 Å². The maximum absolute atomic E-state index is 11.5. The van der Waals surface area contributed by atoms with Crippen LogP contribution in [-0.2, 0) is 16.1 Å². The molecule has 0 bridgehead atoms. The summed E-state index contributed by atoms with van der Waals surface area (Å²) < 4.78 is 4.93. The van der Waals surface area contributed by atoms with Gasteiger partial charge in [-0.25, -0.2) is 0 Å². The van der Waals surface area contributed by atoms with E-state index in [0.717, 1.165) is 5.56 Å². The van der Waals surface area contributed by atoms with Gasteiger partial charge in [0, 0.05) is 25.5 Å². The molecule has 0 atom stereocenters. The van der Waals surface area contributed by atoms with Crippen LogP contribution in [0.25, 0.3) is 0 Å². The Morgan fingerprint density at radius 1 is 1.67 bits per heavy atom. The second kappa shape index (κ2) is 7.84. The number of carbonyl (C=O) groups excluding carboxylic acids is 1. The number of rotatable bonds is 7. The fourth-order valence-electron chi connectivity index (χ4n) is 1.53. The number of halogens is 1. The Morgan fingerprint density at radius 2 is 2.44 bits per heavy atom. The normalized spacial score (nSPS) is 10.4. The van der Waals surface area contributed by atoms with Crippen LogP contribution >= 0.6 is 11.6 Å². The molecule has 0 spiro atoms. The molecule has 1 aromatic rings. The van der Waals surface area contributed by atoms with E-state index in [-0.39, 0.29) is 12.5 Å². The minimum absolute atomic E-state index is 0.221. The molecule has 0 saturated heterocycles. The molecule has 0 unspecified atom stereocenters. The van der Waals surface area contributed by atoms with Gasteiger partial charge in [-0.2, -0.15) is 0 Å². The standard InChI is InChI=1S/C13H17ClN2O2/c1-3-7-16(10-13(17)18-4-2)9-11-5-6-15-8-12(11)14/h3,5-6,8H,1,4,7,9-10H2,2H3. The van der Waals surface area contributed by atoms with Crippen molar-refractivity contribution in [3.8, 4) is 0 Å². The third kappa shape index (κ3) is 4.85. The first-order valence-corrected chi connectivity index (χ1v) is 6.12. The smallest absolute Gasteiger partial charge is 0.320 e. The van der Waals surface area contributed by atoms with Gasteiger partial charge in [-0.15, -0.1) is 6.58 Å². The van der Waals surface area contributed by atoms with Crippen LogP contribution in [0.2, 0.25) is 5.02 Å². The van der Waals surface area contributed by atoms with Crippen LogP contribution in [0.3, 0.4) is 0 Å². The molecule has 98 valence electrons. The summed E-state index contributed by atoms with van der Waals surface area (Å²) in [6.45, 7) is 7.23. The number of ether oxygens (including phenoxy) is 1. The molecule has 1 aromatic heterocycles. The molecule has 5 heteroatoms. The fraction of sp³-hybridized carbons (Fsp3) is 0.385. The Balaban J connectivity index is 2.65. The van der Waals surface area contributed by atoms with Crippen LogP contribution in [0.1, 0.15) is 12.5 Å².